The lowest BCUT2D eigenvalue weighted by molar-refractivity contribution is -0.135. The Kier molecular flexibility index (Phi) is 7.67. The van der Waals surface area contributed by atoms with Crippen LogP contribution in [0.2, 0.25) is 0 Å². The van der Waals surface area contributed by atoms with Crippen LogP contribution in [-0.2, 0) is 16.1 Å². The summed E-state index contributed by atoms with van der Waals surface area (Å²) in [5, 5.41) is 22.8. The largest absolute Gasteiger partial charge is 0.481 e. The average Bonchev–Trinajstić information content (AvgIpc) is 2.71. The molecule has 150 valence electrons. The van der Waals surface area contributed by atoms with E-state index in [0.29, 0.717) is 23.5 Å². The van der Waals surface area contributed by atoms with Crippen LogP contribution in [0.5, 0.6) is 0 Å². The number of benzene rings is 2. The zero-order valence-electron chi connectivity index (χ0n) is 16.0. The highest BCUT2D eigenvalue weighted by Crippen LogP contribution is 2.19. The van der Waals surface area contributed by atoms with E-state index in [1.807, 2.05) is 18.2 Å². The third-order valence-corrected chi connectivity index (χ3v) is 3.98. The fourth-order valence-electron chi connectivity index (χ4n) is 2.57. The van der Waals surface area contributed by atoms with Crippen molar-refractivity contribution < 1.29 is 14.7 Å². The monoisotopic (exact) mass is 393 g/mol. The van der Waals surface area contributed by atoms with Crippen LogP contribution in [0.1, 0.15) is 17.5 Å². The first kappa shape index (κ1) is 21.4. The molecule has 0 radical (unpaired) electrons. The molecule has 0 aliphatic rings. The van der Waals surface area contributed by atoms with E-state index >= 15 is 0 Å². The summed E-state index contributed by atoms with van der Waals surface area (Å²) in [6.45, 7) is 0.474. The Morgan fingerprint density at radius 2 is 1.86 bits per heavy atom. The van der Waals surface area contributed by atoms with Crippen LogP contribution in [0.4, 0.5) is 11.4 Å². The summed E-state index contributed by atoms with van der Waals surface area (Å²) in [7, 11) is 1.56. The second-order valence-corrected chi connectivity index (χ2v) is 6.11. The Bertz CT molecular complexity index is 949. The molecule has 2 aromatic carbocycles. The first-order chi connectivity index (χ1) is 13.9. The molecule has 0 spiro atoms. The first-order valence-electron chi connectivity index (χ1n) is 8.81. The summed E-state index contributed by atoms with van der Waals surface area (Å²) >= 11 is 0. The summed E-state index contributed by atoms with van der Waals surface area (Å²) in [4.78, 5) is 26.7. The van der Waals surface area contributed by atoms with Gasteiger partial charge in [-0.2, -0.15) is 0 Å². The molecule has 0 aliphatic carbocycles. The van der Waals surface area contributed by atoms with Gasteiger partial charge in [0.2, 0.25) is 0 Å². The second-order valence-electron chi connectivity index (χ2n) is 6.11. The van der Waals surface area contributed by atoms with Gasteiger partial charge in [0.05, 0.1) is 17.7 Å². The number of hydrogen-bond acceptors (Lipinski definition) is 6. The Morgan fingerprint density at radius 3 is 2.48 bits per heavy atom. The summed E-state index contributed by atoms with van der Waals surface area (Å²) in [6.07, 6.45) is 2.24. The number of anilines is 2. The Hall–Kier alpha value is -3.94. The quantitative estimate of drug-likeness (QED) is 0.329. The van der Waals surface area contributed by atoms with E-state index in [4.69, 9.17) is 16.2 Å². The molecular weight excluding hydrogens is 370 g/mol. The molecule has 0 aromatic heterocycles. The molecule has 29 heavy (non-hydrogen) atoms. The minimum atomic E-state index is -1.04. The van der Waals surface area contributed by atoms with Gasteiger partial charge in [-0.3, -0.25) is 14.6 Å². The number of aliphatic imine (C=N–C) groups is 1. The van der Waals surface area contributed by atoms with Gasteiger partial charge in [0.1, 0.15) is 0 Å². The molecule has 8 nitrogen and oxygen atoms in total. The van der Waals surface area contributed by atoms with Gasteiger partial charge in [0.25, 0.3) is 5.91 Å². The molecule has 2 aromatic rings. The van der Waals surface area contributed by atoms with Gasteiger partial charge in [-0.1, -0.05) is 30.3 Å². The Morgan fingerprint density at radius 1 is 1.17 bits per heavy atom. The van der Waals surface area contributed by atoms with Crippen molar-refractivity contribution in [2.24, 2.45) is 10.7 Å². The van der Waals surface area contributed by atoms with Crippen molar-refractivity contribution in [1.82, 2.24) is 0 Å². The minimum absolute atomic E-state index is 0.0399. The van der Waals surface area contributed by atoms with E-state index in [1.165, 1.54) is 12.4 Å². The van der Waals surface area contributed by atoms with Gasteiger partial charge in [-0.15, -0.1) is 0 Å². The number of aliphatic carboxylic acids is 1. The Balaban J connectivity index is 2.02. The van der Waals surface area contributed by atoms with E-state index in [2.05, 4.69) is 15.6 Å². The molecule has 0 fully saturated rings. The number of hydrogen-bond donors (Lipinski definition) is 5. The molecule has 1 amide bonds. The second kappa shape index (κ2) is 10.4. The van der Waals surface area contributed by atoms with Crippen molar-refractivity contribution in [2.75, 3.05) is 17.7 Å². The van der Waals surface area contributed by atoms with E-state index in [-0.39, 0.29) is 23.6 Å². The smallest absolute Gasteiger partial charge is 0.309 e. The topological polar surface area (TPSA) is 141 Å². The maximum Gasteiger partial charge on any atom is 0.309 e. The number of amides is 1. The number of carbonyl (C=O) groups excluding carboxylic acids is 1. The summed E-state index contributed by atoms with van der Waals surface area (Å²) in [5.74, 6) is -1.39. The van der Waals surface area contributed by atoms with E-state index < -0.39 is 5.97 Å². The number of carboxylic acid groups (broad SMARTS) is 1. The highest BCUT2D eigenvalue weighted by Gasteiger charge is 2.11. The first-order valence-corrected chi connectivity index (χ1v) is 8.81. The highest BCUT2D eigenvalue weighted by molar-refractivity contribution is 6.17. The van der Waals surface area contributed by atoms with E-state index in [0.717, 1.165) is 5.56 Å². The number of para-hydroxylation sites is 1. The van der Waals surface area contributed by atoms with Crippen molar-refractivity contribution in [1.29, 1.82) is 5.41 Å². The molecule has 2 rings (SSSR count). The number of carbonyl (C=O) groups is 2. The summed E-state index contributed by atoms with van der Waals surface area (Å²) < 4.78 is 0. The fourth-order valence-corrected chi connectivity index (χ4v) is 2.57. The number of nitrogens with one attached hydrogen (secondary N) is 3. The van der Waals surface area contributed by atoms with Crippen LogP contribution in [-0.4, -0.2) is 36.0 Å². The van der Waals surface area contributed by atoms with Crippen LogP contribution in [0, 0.1) is 5.41 Å². The molecule has 0 bridgehead atoms. The highest BCUT2D eigenvalue weighted by atomic mass is 16.4. The third-order valence-electron chi connectivity index (χ3n) is 3.98. The molecule has 0 heterocycles. The molecular formula is C21H23N5O3. The van der Waals surface area contributed by atoms with Crippen molar-refractivity contribution in [3.8, 4) is 0 Å². The third kappa shape index (κ3) is 6.31. The zero-order chi connectivity index (χ0) is 21.2. The molecule has 0 unspecified atom stereocenters. The number of carboxylic acids is 1. The predicted octanol–water partition coefficient (Wildman–Crippen LogP) is 2.62. The standard InChI is InChI=1S/C21H23N5O3/c1-24-13-15(11-22)21(29)26-16-8-6-14(7-9-16)12-25-19-5-3-2-4-17(19)18(23)10-20(27)28/h2-9,11,13,23,25H,10,12,22H2,1H3,(H,26,29)(H,27,28)/b15-11+,23-18?,24-13?. The lowest BCUT2D eigenvalue weighted by atomic mass is 10.0. The predicted molar refractivity (Wildman–Crippen MR) is 115 cm³/mol. The maximum atomic E-state index is 12.1. The van der Waals surface area contributed by atoms with Crippen molar-refractivity contribution in [3.63, 3.8) is 0 Å². The van der Waals surface area contributed by atoms with Gasteiger partial charge < -0.3 is 26.9 Å². The van der Waals surface area contributed by atoms with E-state index in [9.17, 15) is 9.59 Å². The van der Waals surface area contributed by atoms with Crippen molar-refractivity contribution in [3.05, 3.63) is 71.4 Å². The SMILES string of the molecule is CN=C/C(=C\N)C(=O)Nc1ccc(CNc2ccccc2C(=N)CC(=O)O)cc1. The molecule has 6 N–H and O–H groups in total. The molecule has 8 heteroatoms. The molecule has 0 aliphatic heterocycles. The Labute approximate surface area is 168 Å². The minimum Gasteiger partial charge on any atom is -0.481 e. The van der Waals surface area contributed by atoms with Crippen molar-refractivity contribution in [2.45, 2.75) is 13.0 Å². The molecule has 0 saturated carbocycles. The fraction of sp³-hybridized carbons (Fsp3) is 0.143. The normalized spacial score (nSPS) is 11.3. The lowest BCUT2D eigenvalue weighted by Crippen LogP contribution is -2.16. The van der Waals surface area contributed by atoms with Crippen molar-refractivity contribution >= 4 is 35.2 Å². The number of rotatable bonds is 9. The number of nitrogens with zero attached hydrogens (tertiary/aromatic N) is 1. The van der Waals surface area contributed by atoms with Gasteiger partial charge in [0, 0.05) is 42.9 Å². The van der Waals surface area contributed by atoms with Gasteiger partial charge in [-0.05, 0) is 23.8 Å². The molecule has 0 atom stereocenters. The van der Waals surface area contributed by atoms with Gasteiger partial charge >= 0.3 is 5.97 Å². The van der Waals surface area contributed by atoms with Crippen LogP contribution < -0.4 is 16.4 Å². The van der Waals surface area contributed by atoms with Crippen LogP contribution in [0.3, 0.4) is 0 Å². The van der Waals surface area contributed by atoms with Gasteiger partial charge in [-0.25, -0.2) is 0 Å². The van der Waals surface area contributed by atoms with Gasteiger partial charge in [0.15, 0.2) is 0 Å². The number of nitrogens with two attached hydrogens (primary N) is 1. The van der Waals surface area contributed by atoms with Crippen LogP contribution in [0.15, 0.2) is 65.3 Å². The average molecular weight is 393 g/mol. The van der Waals surface area contributed by atoms with E-state index in [1.54, 1.807) is 37.4 Å². The summed E-state index contributed by atoms with van der Waals surface area (Å²) in [5.41, 5.74) is 8.53. The van der Waals surface area contributed by atoms with Crippen LogP contribution in [0.25, 0.3) is 0 Å². The summed E-state index contributed by atoms with van der Waals surface area (Å²) in [6, 6.07) is 14.4. The van der Waals surface area contributed by atoms with Crippen LogP contribution >= 0.6 is 0 Å². The lowest BCUT2D eigenvalue weighted by Gasteiger charge is -2.13. The molecule has 0 saturated heterocycles. The maximum absolute atomic E-state index is 12.1. The zero-order valence-corrected chi connectivity index (χ0v) is 16.0.